The lowest BCUT2D eigenvalue weighted by Crippen LogP contribution is -2.55. The van der Waals surface area contributed by atoms with E-state index in [1.54, 1.807) is 0 Å². The van der Waals surface area contributed by atoms with Gasteiger partial charge in [-0.25, -0.2) is 0 Å². The summed E-state index contributed by atoms with van der Waals surface area (Å²) in [5.41, 5.74) is 1.75. The average Bonchev–Trinajstić information content (AvgIpc) is 2.48. The number of nitrogens with zero attached hydrogens (tertiary/aromatic N) is 1. The van der Waals surface area contributed by atoms with E-state index in [2.05, 4.69) is 68.2 Å². The summed E-state index contributed by atoms with van der Waals surface area (Å²) in [4.78, 5) is 2.70. The Morgan fingerprint density at radius 2 is 1.95 bits per heavy atom. The summed E-state index contributed by atoms with van der Waals surface area (Å²) in [6.07, 6.45) is 3.69. The fraction of sp³-hybridized carbons (Fsp3) is 0.684. The summed E-state index contributed by atoms with van der Waals surface area (Å²) in [7, 11) is 0. The van der Waals surface area contributed by atoms with Crippen LogP contribution in [-0.4, -0.2) is 36.1 Å². The van der Waals surface area contributed by atoms with Gasteiger partial charge in [-0.3, -0.25) is 4.90 Å². The summed E-state index contributed by atoms with van der Waals surface area (Å²) in [6.45, 7) is 13.0. The first kappa shape index (κ1) is 16.5. The van der Waals surface area contributed by atoms with Crippen molar-refractivity contribution in [1.29, 1.82) is 0 Å². The molecule has 0 spiro atoms. The minimum Gasteiger partial charge on any atom is -0.314 e. The lowest BCUT2D eigenvalue weighted by molar-refractivity contribution is 0.0495. The molecule has 0 aromatic heterocycles. The fourth-order valence-electron chi connectivity index (χ4n) is 3.51. The van der Waals surface area contributed by atoms with Gasteiger partial charge in [0.15, 0.2) is 0 Å². The molecule has 2 atom stereocenters. The molecular weight excluding hydrogens is 256 g/mol. The number of nitrogens with one attached hydrogen (secondary N) is 1. The summed E-state index contributed by atoms with van der Waals surface area (Å²) in [5.74, 6) is 0.745. The van der Waals surface area contributed by atoms with Gasteiger partial charge in [0, 0.05) is 24.7 Å². The van der Waals surface area contributed by atoms with Crippen LogP contribution in [0.5, 0.6) is 0 Å². The van der Waals surface area contributed by atoms with E-state index < -0.39 is 0 Å². The van der Waals surface area contributed by atoms with E-state index >= 15 is 0 Å². The van der Waals surface area contributed by atoms with Crippen LogP contribution in [0.2, 0.25) is 0 Å². The first-order valence-electron chi connectivity index (χ1n) is 8.55. The van der Waals surface area contributed by atoms with Gasteiger partial charge in [-0.2, -0.15) is 0 Å². The zero-order valence-electron chi connectivity index (χ0n) is 14.2. The highest BCUT2D eigenvalue weighted by atomic mass is 15.2. The standard InChI is InChI=1S/C19H32N2/c1-5-20-18-12-14-21(15-16(18)2)19(3,4)13-11-17-9-7-6-8-10-17/h6-10,16,18,20H,5,11-15H2,1-4H3. The van der Waals surface area contributed by atoms with Crippen LogP contribution in [0.3, 0.4) is 0 Å². The summed E-state index contributed by atoms with van der Waals surface area (Å²) in [5, 5.41) is 3.64. The first-order chi connectivity index (χ1) is 10.0. The third-order valence-electron chi connectivity index (χ3n) is 5.10. The topological polar surface area (TPSA) is 15.3 Å². The zero-order valence-corrected chi connectivity index (χ0v) is 14.2. The molecule has 0 saturated carbocycles. The molecule has 1 N–H and O–H groups in total. The second-order valence-electron chi connectivity index (χ2n) is 7.17. The molecule has 0 amide bonds. The Kier molecular flexibility index (Phi) is 5.83. The SMILES string of the molecule is CCNC1CCN(C(C)(C)CCc2ccccc2)CC1C. The second-order valence-corrected chi connectivity index (χ2v) is 7.17. The molecule has 2 rings (SSSR count). The third kappa shape index (κ3) is 4.55. The molecule has 1 heterocycles. The smallest absolute Gasteiger partial charge is 0.0156 e. The van der Waals surface area contributed by atoms with E-state index in [4.69, 9.17) is 0 Å². The van der Waals surface area contributed by atoms with Crippen molar-refractivity contribution in [2.75, 3.05) is 19.6 Å². The van der Waals surface area contributed by atoms with Gasteiger partial charge < -0.3 is 5.32 Å². The molecule has 0 aliphatic carbocycles. The number of aryl methyl sites for hydroxylation is 1. The number of rotatable bonds is 6. The maximum atomic E-state index is 3.64. The van der Waals surface area contributed by atoms with Gasteiger partial charge >= 0.3 is 0 Å². The molecular formula is C19H32N2. The fourth-order valence-corrected chi connectivity index (χ4v) is 3.51. The Bertz CT molecular complexity index is 413. The molecule has 1 aromatic rings. The molecule has 1 aliphatic rings. The van der Waals surface area contributed by atoms with Crippen molar-refractivity contribution in [2.24, 2.45) is 5.92 Å². The van der Waals surface area contributed by atoms with Crippen LogP contribution in [0, 0.1) is 5.92 Å². The highest BCUT2D eigenvalue weighted by molar-refractivity contribution is 5.15. The maximum Gasteiger partial charge on any atom is 0.0156 e. The minimum atomic E-state index is 0.293. The van der Waals surface area contributed by atoms with Gasteiger partial charge in [-0.1, -0.05) is 44.2 Å². The van der Waals surface area contributed by atoms with Crippen molar-refractivity contribution in [3.63, 3.8) is 0 Å². The largest absolute Gasteiger partial charge is 0.314 e. The Hall–Kier alpha value is -0.860. The van der Waals surface area contributed by atoms with Crippen LogP contribution in [0.1, 0.15) is 46.1 Å². The second kappa shape index (κ2) is 7.42. The molecule has 2 heteroatoms. The monoisotopic (exact) mass is 288 g/mol. The Morgan fingerprint density at radius 3 is 2.57 bits per heavy atom. The van der Waals surface area contributed by atoms with Crippen LogP contribution in [0.4, 0.5) is 0 Å². The molecule has 1 saturated heterocycles. The van der Waals surface area contributed by atoms with Crippen molar-refractivity contribution in [2.45, 2.75) is 58.5 Å². The van der Waals surface area contributed by atoms with Gasteiger partial charge in [0.1, 0.15) is 0 Å². The predicted octanol–water partition coefficient (Wildman–Crippen LogP) is 3.72. The van der Waals surface area contributed by atoms with Crippen molar-refractivity contribution >= 4 is 0 Å². The van der Waals surface area contributed by atoms with Gasteiger partial charge in [-0.05, 0) is 51.1 Å². The van der Waals surface area contributed by atoms with Crippen LogP contribution in [-0.2, 0) is 6.42 Å². The number of hydrogen-bond acceptors (Lipinski definition) is 2. The minimum absolute atomic E-state index is 0.293. The van der Waals surface area contributed by atoms with E-state index in [-0.39, 0.29) is 0 Å². The van der Waals surface area contributed by atoms with Crippen molar-refractivity contribution in [3.05, 3.63) is 35.9 Å². The van der Waals surface area contributed by atoms with Crippen LogP contribution >= 0.6 is 0 Å². The maximum absolute atomic E-state index is 3.64. The molecule has 118 valence electrons. The van der Waals surface area contributed by atoms with Gasteiger partial charge in [-0.15, -0.1) is 0 Å². The molecule has 2 nitrogen and oxygen atoms in total. The number of benzene rings is 1. The quantitative estimate of drug-likeness (QED) is 0.858. The number of hydrogen-bond donors (Lipinski definition) is 1. The lowest BCUT2D eigenvalue weighted by atomic mass is 9.87. The van der Waals surface area contributed by atoms with E-state index in [9.17, 15) is 0 Å². The molecule has 0 bridgehead atoms. The highest BCUT2D eigenvalue weighted by Gasteiger charge is 2.33. The van der Waals surface area contributed by atoms with E-state index in [1.165, 1.54) is 37.9 Å². The van der Waals surface area contributed by atoms with Crippen LogP contribution in [0.25, 0.3) is 0 Å². The van der Waals surface area contributed by atoms with Gasteiger partial charge in [0.2, 0.25) is 0 Å². The molecule has 1 fully saturated rings. The molecule has 0 radical (unpaired) electrons. The third-order valence-corrected chi connectivity index (χ3v) is 5.10. The van der Waals surface area contributed by atoms with Crippen molar-refractivity contribution < 1.29 is 0 Å². The highest BCUT2D eigenvalue weighted by Crippen LogP contribution is 2.27. The molecule has 21 heavy (non-hydrogen) atoms. The summed E-state index contributed by atoms with van der Waals surface area (Å²) >= 11 is 0. The molecule has 1 aromatic carbocycles. The van der Waals surface area contributed by atoms with E-state index in [0.29, 0.717) is 11.6 Å². The number of likely N-dealkylation sites (tertiary alicyclic amines) is 1. The van der Waals surface area contributed by atoms with Crippen LogP contribution < -0.4 is 5.32 Å². The van der Waals surface area contributed by atoms with E-state index in [1.807, 2.05) is 0 Å². The predicted molar refractivity (Wildman–Crippen MR) is 91.7 cm³/mol. The average molecular weight is 288 g/mol. The van der Waals surface area contributed by atoms with Crippen LogP contribution in [0.15, 0.2) is 30.3 Å². The first-order valence-corrected chi connectivity index (χ1v) is 8.55. The summed E-state index contributed by atoms with van der Waals surface area (Å²) < 4.78 is 0. The van der Waals surface area contributed by atoms with Crippen molar-refractivity contribution in [3.8, 4) is 0 Å². The normalized spacial score (nSPS) is 24.2. The zero-order chi connectivity index (χ0) is 15.3. The van der Waals surface area contributed by atoms with Gasteiger partial charge in [0.25, 0.3) is 0 Å². The summed E-state index contributed by atoms with van der Waals surface area (Å²) in [6, 6.07) is 11.6. The Morgan fingerprint density at radius 1 is 1.24 bits per heavy atom. The van der Waals surface area contributed by atoms with Gasteiger partial charge in [0.05, 0.1) is 0 Å². The number of piperidine rings is 1. The Balaban J connectivity index is 1.88. The molecule has 1 aliphatic heterocycles. The molecule has 2 unspecified atom stereocenters. The van der Waals surface area contributed by atoms with E-state index in [0.717, 1.165) is 12.5 Å². The van der Waals surface area contributed by atoms with Crippen molar-refractivity contribution in [1.82, 2.24) is 10.2 Å². The Labute approximate surface area is 130 Å². The lowest BCUT2D eigenvalue weighted by Gasteiger charge is -2.46.